The van der Waals surface area contributed by atoms with Gasteiger partial charge in [0.25, 0.3) is 0 Å². The maximum absolute atomic E-state index is 6.02. The Morgan fingerprint density at radius 1 is 1.44 bits per heavy atom. The minimum absolute atomic E-state index is 0.0830. The van der Waals surface area contributed by atoms with Crippen LogP contribution in [-0.2, 0) is 0 Å². The Morgan fingerprint density at radius 3 is 2.83 bits per heavy atom. The van der Waals surface area contributed by atoms with E-state index >= 15 is 0 Å². The molecule has 2 aromatic heterocycles. The Hall–Kier alpha value is -0.420. The van der Waals surface area contributed by atoms with E-state index in [1.807, 2.05) is 30.0 Å². The summed E-state index contributed by atoms with van der Waals surface area (Å²) in [6.45, 7) is 2.18. The third kappa shape index (κ3) is 3.54. The summed E-state index contributed by atoms with van der Waals surface area (Å²) in [5.74, 6) is 2.00. The van der Waals surface area contributed by atoms with Gasteiger partial charge in [0, 0.05) is 16.7 Å². The normalized spacial score (nSPS) is 14.6. The molecule has 0 aliphatic heterocycles. The van der Waals surface area contributed by atoms with Crippen LogP contribution in [0.15, 0.2) is 34.9 Å². The molecule has 1 N–H and O–H groups in total. The number of hydrogen-bond donors (Lipinski definition) is 1. The van der Waals surface area contributed by atoms with Crippen LogP contribution in [0.3, 0.4) is 0 Å². The minimum atomic E-state index is 0.0830. The zero-order chi connectivity index (χ0) is 13.0. The van der Waals surface area contributed by atoms with Crippen LogP contribution in [0.5, 0.6) is 0 Å². The second-order valence-corrected chi connectivity index (χ2v) is 6.77. The highest BCUT2D eigenvalue weighted by molar-refractivity contribution is 7.98. The van der Waals surface area contributed by atoms with Crippen LogP contribution in [0.1, 0.15) is 23.6 Å². The standard InChI is InChI=1S/C13H16ClNOS2/c1-9(8-17-2)15-13(10-4-3-7-16-10)11-5-6-12(14)18-11/h3-7,9,13,15H,8H2,1-2H3. The molecule has 2 unspecified atom stereocenters. The van der Waals surface area contributed by atoms with Crippen LogP contribution < -0.4 is 5.32 Å². The summed E-state index contributed by atoms with van der Waals surface area (Å²) >= 11 is 9.44. The molecule has 2 aromatic rings. The molecule has 0 radical (unpaired) electrons. The first-order valence-corrected chi connectivity index (χ1v) is 8.33. The van der Waals surface area contributed by atoms with E-state index in [1.165, 1.54) is 4.88 Å². The van der Waals surface area contributed by atoms with Gasteiger partial charge in [-0.3, -0.25) is 5.32 Å². The van der Waals surface area contributed by atoms with Gasteiger partial charge in [0.05, 0.1) is 10.6 Å². The van der Waals surface area contributed by atoms with Gasteiger partial charge in [0.15, 0.2) is 0 Å². The predicted octanol–water partition coefficient (Wildman–Crippen LogP) is 4.43. The van der Waals surface area contributed by atoms with Crippen molar-refractivity contribution in [3.05, 3.63) is 45.5 Å². The van der Waals surface area contributed by atoms with Crippen molar-refractivity contribution in [3.8, 4) is 0 Å². The van der Waals surface area contributed by atoms with Crippen molar-refractivity contribution in [2.75, 3.05) is 12.0 Å². The SMILES string of the molecule is CSCC(C)NC(c1ccco1)c1ccc(Cl)s1. The number of thioether (sulfide) groups is 1. The molecule has 2 atom stereocenters. The largest absolute Gasteiger partial charge is 0.467 e. The van der Waals surface area contributed by atoms with Crippen molar-refractivity contribution in [1.29, 1.82) is 0 Å². The minimum Gasteiger partial charge on any atom is -0.467 e. The lowest BCUT2D eigenvalue weighted by atomic mass is 10.1. The molecule has 0 fully saturated rings. The topological polar surface area (TPSA) is 25.2 Å². The fourth-order valence-corrected chi connectivity index (χ4v) is 3.55. The average Bonchev–Trinajstić information content (AvgIpc) is 2.97. The molecule has 0 aromatic carbocycles. The van der Waals surface area contributed by atoms with Gasteiger partial charge in [-0.25, -0.2) is 0 Å². The van der Waals surface area contributed by atoms with Gasteiger partial charge in [-0.05, 0) is 37.4 Å². The van der Waals surface area contributed by atoms with E-state index in [0.29, 0.717) is 6.04 Å². The maximum atomic E-state index is 6.02. The Morgan fingerprint density at radius 2 is 2.28 bits per heavy atom. The second-order valence-electron chi connectivity index (χ2n) is 4.11. The summed E-state index contributed by atoms with van der Waals surface area (Å²) in [6.07, 6.45) is 3.82. The van der Waals surface area contributed by atoms with Gasteiger partial charge in [0.2, 0.25) is 0 Å². The van der Waals surface area contributed by atoms with Gasteiger partial charge in [0.1, 0.15) is 11.8 Å². The molecular formula is C13H16ClNOS2. The van der Waals surface area contributed by atoms with Crippen LogP contribution in [-0.4, -0.2) is 18.1 Å². The summed E-state index contributed by atoms with van der Waals surface area (Å²) in [7, 11) is 0. The molecule has 18 heavy (non-hydrogen) atoms. The first-order valence-electron chi connectivity index (χ1n) is 5.74. The molecule has 0 saturated carbocycles. The molecule has 0 amide bonds. The third-order valence-corrected chi connectivity index (χ3v) is 4.70. The molecule has 98 valence electrons. The van der Waals surface area contributed by atoms with Crippen molar-refractivity contribution in [3.63, 3.8) is 0 Å². The summed E-state index contributed by atoms with van der Waals surface area (Å²) in [4.78, 5) is 1.18. The van der Waals surface area contributed by atoms with Crippen LogP contribution in [0.25, 0.3) is 0 Å². The van der Waals surface area contributed by atoms with Crippen LogP contribution >= 0.6 is 34.7 Å². The second kappa shape index (κ2) is 6.66. The molecule has 0 aliphatic carbocycles. The summed E-state index contributed by atoms with van der Waals surface area (Å²) < 4.78 is 6.34. The average molecular weight is 302 g/mol. The fraction of sp³-hybridized carbons (Fsp3) is 0.385. The lowest BCUT2D eigenvalue weighted by Crippen LogP contribution is -2.32. The molecule has 2 rings (SSSR count). The highest BCUT2D eigenvalue weighted by atomic mass is 35.5. The molecule has 0 bridgehead atoms. The molecule has 2 heterocycles. The van der Waals surface area contributed by atoms with E-state index in [-0.39, 0.29) is 6.04 Å². The van der Waals surface area contributed by atoms with Gasteiger partial charge in [-0.15, -0.1) is 11.3 Å². The molecule has 0 aliphatic rings. The lowest BCUT2D eigenvalue weighted by Gasteiger charge is -2.20. The van der Waals surface area contributed by atoms with Crippen molar-refractivity contribution in [2.24, 2.45) is 0 Å². The van der Waals surface area contributed by atoms with E-state index in [9.17, 15) is 0 Å². The Bertz CT molecular complexity index is 469. The number of rotatable bonds is 6. The first kappa shape index (κ1) is 14.0. The Kier molecular flexibility index (Phi) is 5.18. The Balaban J connectivity index is 2.18. The third-order valence-electron chi connectivity index (χ3n) is 2.57. The first-order chi connectivity index (χ1) is 8.70. The number of halogens is 1. The van der Waals surface area contributed by atoms with Gasteiger partial charge >= 0.3 is 0 Å². The van der Waals surface area contributed by atoms with Gasteiger partial charge < -0.3 is 4.42 Å². The van der Waals surface area contributed by atoms with E-state index in [0.717, 1.165) is 15.8 Å². The van der Waals surface area contributed by atoms with E-state index in [2.05, 4.69) is 24.6 Å². The molecule has 0 saturated heterocycles. The van der Waals surface area contributed by atoms with E-state index < -0.39 is 0 Å². The molecule has 0 spiro atoms. The van der Waals surface area contributed by atoms with E-state index in [4.69, 9.17) is 16.0 Å². The van der Waals surface area contributed by atoms with Crippen molar-refractivity contribution < 1.29 is 4.42 Å². The van der Waals surface area contributed by atoms with Crippen LogP contribution in [0.4, 0.5) is 0 Å². The van der Waals surface area contributed by atoms with E-state index in [1.54, 1.807) is 17.6 Å². The zero-order valence-corrected chi connectivity index (χ0v) is 12.7. The number of nitrogens with one attached hydrogen (secondary N) is 1. The monoisotopic (exact) mass is 301 g/mol. The molecule has 5 heteroatoms. The smallest absolute Gasteiger partial charge is 0.126 e. The maximum Gasteiger partial charge on any atom is 0.126 e. The van der Waals surface area contributed by atoms with Crippen molar-refractivity contribution >= 4 is 34.7 Å². The summed E-state index contributed by atoms with van der Waals surface area (Å²) in [5.41, 5.74) is 0. The highest BCUT2D eigenvalue weighted by Gasteiger charge is 2.20. The fourth-order valence-electron chi connectivity index (χ4n) is 1.83. The lowest BCUT2D eigenvalue weighted by molar-refractivity contribution is 0.430. The van der Waals surface area contributed by atoms with Crippen LogP contribution in [0.2, 0.25) is 4.34 Å². The van der Waals surface area contributed by atoms with Crippen molar-refractivity contribution in [2.45, 2.75) is 19.0 Å². The Labute approximate surface area is 121 Å². The quantitative estimate of drug-likeness (QED) is 0.855. The summed E-state index contributed by atoms with van der Waals surface area (Å²) in [5, 5.41) is 3.59. The predicted molar refractivity (Wildman–Crippen MR) is 80.9 cm³/mol. The molecular weight excluding hydrogens is 286 g/mol. The van der Waals surface area contributed by atoms with Gasteiger partial charge in [-0.1, -0.05) is 11.6 Å². The molecule has 2 nitrogen and oxygen atoms in total. The number of furan rings is 1. The van der Waals surface area contributed by atoms with Crippen molar-refractivity contribution in [1.82, 2.24) is 5.32 Å². The number of thiophene rings is 1. The van der Waals surface area contributed by atoms with Gasteiger partial charge in [-0.2, -0.15) is 11.8 Å². The van der Waals surface area contributed by atoms with Crippen LogP contribution in [0, 0.1) is 0 Å². The summed E-state index contributed by atoms with van der Waals surface area (Å²) in [6, 6.07) is 8.39. The zero-order valence-electron chi connectivity index (χ0n) is 10.4. The highest BCUT2D eigenvalue weighted by Crippen LogP contribution is 2.31. The number of hydrogen-bond acceptors (Lipinski definition) is 4.